The largest absolute Gasteiger partial charge is 0.454 e. The van der Waals surface area contributed by atoms with Gasteiger partial charge in [0.15, 0.2) is 6.61 Å². The van der Waals surface area contributed by atoms with Crippen LogP contribution in [0.15, 0.2) is 78.9 Å². The SMILES string of the molecule is Cc1cc(C(=O)COC(=O)c2cc(-c3ccc(Cl)s3)nc3ccccc23)c(C)n1-c1ccccc1. The number of carbonyl (C=O) groups is 2. The van der Waals surface area contributed by atoms with E-state index in [2.05, 4.69) is 4.98 Å². The lowest BCUT2D eigenvalue weighted by Crippen LogP contribution is -2.15. The Balaban J connectivity index is 1.41. The van der Waals surface area contributed by atoms with Gasteiger partial charge >= 0.3 is 5.97 Å². The molecule has 3 heterocycles. The third-order valence-electron chi connectivity index (χ3n) is 5.84. The van der Waals surface area contributed by atoms with Crippen molar-refractivity contribution in [3.05, 3.63) is 106 Å². The molecule has 0 saturated heterocycles. The number of nitrogens with zero attached hydrogens (tertiary/aromatic N) is 2. The first kappa shape index (κ1) is 23.0. The van der Waals surface area contributed by atoms with Crippen LogP contribution in [0.1, 0.15) is 32.1 Å². The zero-order valence-electron chi connectivity index (χ0n) is 19.1. The second kappa shape index (κ2) is 9.49. The maximum absolute atomic E-state index is 13.1. The molecule has 0 N–H and O–H groups in total. The van der Waals surface area contributed by atoms with Crippen LogP contribution < -0.4 is 0 Å². The molecule has 0 unspecified atom stereocenters. The molecule has 0 amide bonds. The van der Waals surface area contributed by atoms with E-state index in [9.17, 15) is 9.59 Å². The molecule has 174 valence electrons. The molecule has 5 rings (SSSR count). The Morgan fingerprint density at radius 2 is 1.69 bits per heavy atom. The lowest BCUT2D eigenvalue weighted by atomic mass is 10.1. The molecule has 0 fully saturated rings. The van der Waals surface area contributed by atoms with E-state index in [0.717, 1.165) is 22.0 Å². The van der Waals surface area contributed by atoms with E-state index >= 15 is 0 Å². The molecule has 7 heteroatoms. The summed E-state index contributed by atoms with van der Waals surface area (Å²) >= 11 is 7.48. The molecule has 5 nitrogen and oxygen atoms in total. The van der Waals surface area contributed by atoms with Gasteiger partial charge in [0.2, 0.25) is 5.78 Å². The number of aryl methyl sites for hydroxylation is 1. The Labute approximate surface area is 211 Å². The average molecular weight is 501 g/mol. The number of carbonyl (C=O) groups excluding carboxylic acids is 2. The zero-order chi connectivity index (χ0) is 24.5. The van der Waals surface area contributed by atoms with Gasteiger partial charge in [-0.25, -0.2) is 9.78 Å². The summed E-state index contributed by atoms with van der Waals surface area (Å²) in [5, 5.41) is 0.665. The van der Waals surface area contributed by atoms with Crippen LogP contribution in [0.2, 0.25) is 4.34 Å². The van der Waals surface area contributed by atoms with Crippen LogP contribution in [-0.2, 0) is 4.74 Å². The van der Waals surface area contributed by atoms with Crippen molar-refractivity contribution in [2.24, 2.45) is 0 Å². The van der Waals surface area contributed by atoms with Crippen molar-refractivity contribution in [1.82, 2.24) is 9.55 Å². The number of ketones is 1. The maximum atomic E-state index is 13.1. The predicted octanol–water partition coefficient (Wildman–Crippen LogP) is 7.06. The number of pyridine rings is 1. The number of Topliss-reactive ketones (excluding diaryl/α,β-unsaturated/α-hetero) is 1. The molecule has 0 radical (unpaired) electrons. The highest BCUT2D eigenvalue weighted by Crippen LogP contribution is 2.32. The minimum absolute atomic E-state index is 0.253. The molecule has 3 aromatic heterocycles. The van der Waals surface area contributed by atoms with Crippen LogP contribution in [0.3, 0.4) is 0 Å². The molecular formula is C28H21ClN2O3S. The van der Waals surface area contributed by atoms with E-state index in [0.29, 0.717) is 32.1 Å². The van der Waals surface area contributed by atoms with E-state index in [1.807, 2.05) is 85.1 Å². The molecule has 5 aromatic rings. The number of esters is 1. The van der Waals surface area contributed by atoms with Gasteiger partial charge in [0, 0.05) is 28.0 Å². The third-order valence-corrected chi connectivity index (χ3v) is 7.10. The van der Waals surface area contributed by atoms with Crippen LogP contribution in [0.25, 0.3) is 27.2 Å². The molecular weight excluding hydrogens is 480 g/mol. The van der Waals surface area contributed by atoms with Crippen LogP contribution in [0.5, 0.6) is 0 Å². The summed E-state index contributed by atoms with van der Waals surface area (Å²) in [5.41, 5.74) is 4.90. The summed E-state index contributed by atoms with van der Waals surface area (Å²) in [4.78, 5) is 31.7. The fraction of sp³-hybridized carbons (Fsp3) is 0.107. The number of ether oxygens (including phenoxy) is 1. The van der Waals surface area contributed by atoms with Crippen LogP contribution in [0.4, 0.5) is 0 Å². The Bertz CT molecular complexity index is 1570. The topological polar surface area (TPSA) is 61.2 Å². The molecule has 2 aromatic carbocycles. The van der Waals surface area contributed by atoms with Crippen molar-refractivity contribution in [3.8, 4) is 16.3 Å². The molecule has 0 aliphatic rings. The zero-order valence-corrected chi connectivity index (χ0v) is 20.7. The lowest BCUT2D eigenvalue weighted by Gasteiger charge is -2.10. The first-order valence-electron chi connectivity index (χ1n) is 11.0. The molecule has 0 bridgehead atoms. The second-order valence-corrected chi connectivity index (χ2v) is 9.85. The first-order chi connectivity index (χ1) is 16.9. The minimum atomic E-state index is -0.572. The van der Waals surface area contributed by atoms with Gasteiger partial charge in [-0.05, 0) is 56.3 Å². The number of para-hydroxylation sites is 2. The van der Waals surface area contributed by atoms with Gasteiger partial charge in [0.05, 0.1) is 26.0 Å². The fourth-order valence-electron chi connectivity index (χ4n) is 4.23. The Morgan fingerprint density at radius 1 is 0.943 bits per heavy atom. The van der Waals surface area contributed by atoms with Crippen molar-refractivity contribution >= 4 is 45.6 Å². The van der Waals surface area contributed by atoms with Gasteiger partial charge in [-0.3, -0.25) is 4.79 Å². The number of benzene rings is 2. The van der Waals surface area contributed by atoms with Crippen molar-refractivity contribution in [2.45, 2.75) is 13.8 Å². The predicted molar refractivity (Wildman–Crippen MR) is 140 cm³/mol. The number of thiophene rings is 1. The number of rotatable bonds is 6. The van der Waals surface area contributed by atoms with Crippen molar-refractivity contribution in [3.63, 3.8) is 0 Å². The number of halogens is 1. The molecule has 0 aliphatic carbocycles. The quantitative estimate of drug-likeness (QED) is 0.185. The lowest BCUT2D eigenvalue weighted by molar-refractivity contribution is 0.0476. The normalized spacial score (nSPS) is 11.1. The molecule has 0 spiro atoms. The summed E-state index contributed by atoms with van der Waals surface area (Å²) in [6.07, 6.45) is 0. The number of fused-ring (bicyclic) bond motifs is 1. The summed E-state index contributed by atoms with van der Waals surface area (Å²) in [6.45, 7) is 3.49. The number of hydrogen-bond acceptors (Lipinski definition) is 5. The van der Waals surface area contributed by atoms with E-state index < -0.39 is 5.97 Å². The molecule has 0 aliphatic heterocycles. The monoisotopic (exact) mass is 500 g/mol. The average Bonchev–Trinajstić information content (AvgIpc) is 3.44. The van der Waals surface area contributed by atoms with Crippen LogP contribution >= 0.6 is 22.9 Å². The van der Waals surface area contributed by atoms with E-state index in [4.69, 9.17) is 16.3 Å². The fourth-order valence-corrected chi connectivity index (χ4v) is 5.23. The second-order valence-electron chi connectivity index (χ2n) is 8.13. The van der Waals surface area contributed by atoms with E-state index in [-0.39, 0.29) is 12.4 Å². The summed E-state index contributed by atoms with van der Waals surface area (Å²) in [6, 6.07) is 24.4. The highest BCUT2D eigenvalue weighted by Gasteiger charge is 2.20. The number of aromatic nitrogens is 2. The first-order valence-corrected chi connectivity index (χ1v) is 12.2. The smallest absolute Gasteiger partial charge is 0.339 e. The van der Waals surface area contributed by atoms with Gasteiger partial charge in [-0.2, -0.15) is 0 Å². The Morgan fingerprint density at radius 3 is 2.43 bits per heavy atom. The van der Waals surface area contributed by atoms with Gasteiger partial charge in [0.1, 0.15) is 0 Å². The summed E-state index contributed by atoms with van der Waals surface area (Å²) in [7, 11) is 0. The Hall–Kier alpha value is -3.74. The van der Waals surface area contributed by atoms with Crippen molar-refractivity contribution in [1.29, 1.82) is 0 Å². The van der Waals surface area contributed by atoms with Gasteiger partial charge in [0.25, 0.3) is 0 Å². The molecule has 0 saturated carbocycles. The van der Waals surface area contributed by atoms with Crippen molar-refractivity contribution in [2.75, 3.05) is 6.61 Å². The standard InChI is InChI=1S/C28H21ClN2O3S/c1-17-14-21(18(2)31(17)19-8-4-3-5-9-19)25(32)16-34-28(33)22-15-24(26-12-13-27(29)35-26)30-23-11-7-6-10-20(22)23/h3-15H,16H2,1-2H3. The maximum Gasteiger partial charge on any atom is 0.339 e. The van der Waals surface area contributed by atoms with E-state index in [1.54, 1.807) is 12.1 Å². The highest BCUT2D eigenvalue weighted by molar-refractivity contribution is 7.19. The summed E-state index contributed by atoms with van der Waals surface area (Å²) < 4.78 is 8.16. The Kier molecular flexibility index (Phi) is 6.24. The van der Waals surface area contributed by atoms with E-state index in [1.165, 1.54) is 11.3 Å². The molecule has 35 heavy (non-hydrogen) atoms. The molecule has 0 atom stereocenters. The third kappa shape index (κ3) is 4.50. The van der Waals surface area contributed by atoms with Gasteiger partial charge in [-0.1, -0.05) is 48.0 Å². The van der Waals surface area contributed by atoms with Crippen LogP contribution in [0, 0.1) is 13.8 Å². The van der Waals surface area contributed by atoms with Crippen LogP contribution in [-0.4, -0.2) is 27.9 Å². The van der Waals surface area contributed by atoms with Gasteiger partial charge in [-0.15, -0.1) is 11.3 Å². The van der Waals surface area contributed by atoms with Crippen molar-refractivity contribution < 1.29 is 14.3 Å². The summed E-state index contributed by atoms with van der Waals surface area (Å²) in [5.74, 6) is -0.824. The minimum Gasteiger partial charge on any atom is -0.454 e. The van der Waals surface area contributed by atoms with Gasteiger partial charge < -0.3 is 9.30 Å². The number of hydrogen-bond donors (Lipinski definition) is 0. The highest BCUT2D eigenvalue weighted by atomic mass is 35.5.